The van der Waals surface area contributed by atoms with Gasteiger partial charge in [-0.3, -0.25) is 4.79 Å². The fraction of sp³-hybridized carbons (Fsp3) is 0.118. The van der Waals surface area contributed by atoms with Crippen molar-refractivity contribution < 1.29 is 9.18 Å². The highest BCUT2D eigenvalue weighted by Gasteiger charge is 2.18. The van der Waals surface area contributed by atoms with E-state index in [1.165, 1.54) is 28.9 Å². The monoisotopic (exact) mass is 325 g/mol. The Hall–Kier alpha value is -3.22. The van der Waals surface area contributed by atoms with Gasteiger partial charge in [-0.1, -0.05) is 11.3 Å². The highest BCUT2D eigenvalue weighted by atomic mass is 19.1. The molecule has 7 heteroatoms. The van der Waals surface area contributed by atoms with Crippen LogP contribution in [-0.4, -0.2) is 20.9 Å². The molecule has 0 bridgehead atoms. The summed E-state index contributed by atoms with van der Waals surface area (Å²) < 4.78 is 14.3. The number of aromatic nitrogens is 3. The quantitative estimate of drug-likeness (QED) is 0.775. The standard InChI is InChI=1S/C17H16FN5O/c1-10-3-6-13(9-11(10)2)20-17(24)15-16(19)23(22-21-15)14-7-4-12(18)5-8-14/h3-9H,19H2,1-2H3,(H,20,24). The first-order chi connectivity index (χ1) is 11.5. The third kappa shape index (κ3) is 2.96. The van der Waals surface area contributed by atoms with E-state index in [-0.39, 0.29) is 17.3 Å². The Labute approximate surface area is 138 Å². The molecule has 6 nitrogen and oxygen atoms in total. The summed E-state index contributed by atoms with van der Waals surface area (Å²) in [5.74, 6) is -0.739. The van der Waals surface area contributed by atoms with Gasteiger partial charge in [-0.25, -0.2) is 4.39 Å². The Morgan fingerprint density at radius 1 is 1.12 bits per heavy atom. The van der Waals surface area contributed by atoms with Gasteiger partial charge in [0.25, 0.3) is 5.91 Å². The molecule has 0 fully saturated rings. The van der Waals surface area contributed by atoms with Crippen LogP contribution < -0.4 is 11.1 Å². The lowest BCUT2D eigenvalue weighted by molar-refractivity contribution is 0.102. The van der Waals surface area contributed by atoms with Crippen LogP contribution in [0.4, 0.5) is 15.9 Å². The van der Waals surface area contributed by atoms with Gasteiger partial charge in [-0.2, -0.15) is 4.68 Å². The lowest BCUT2D eigenvalue weighted by Crippen LogP contribution is -2.15. The third-order valence-corrected chi connectivity index (χ3v) is 3.76. The van der Waals surface area contributed by atoms with Crippen molar-refractivity contribution in [2.75, 3.05) is 11.1 Å². The molecule has 122 valence electrons. The van der Waals surface area contributed by atoms with Crippen LogP contribution in [0.15, 0.2) is 42.5 Å². The Morgan fingerprint density at radius 2 is 1.83 bits per heavy atom. The Balaban J connectivity index is 1.85. The molecule has 0 saturated carbocycles. The summed E-state index contributed by atoms with van der Waals surface area (Å²) in [5, 5.41) is 10.4. The lowest BCUT2D eigenvalue weighted by Gasteiger charge is -2.07. The minimum atomic E-state index is -0.455. The first-order valence-electron chi connectivity index (χ1n) is 7.31. The number of nitrogen functional groups attached to an aromatic ring is 1. The summed E-state index contributed by atoms with van der Waals surface area (Å²) in [6.07, 6.45) is 0. The molecule has 0 atom stereocenters. The highest BCUT2D eigenvalue weighted by Crippen LogP contribution is 2.18. The van der Waals surface area contributed by atoms with E-state index in [0.717, 1.165) is 11.1 Å². The van der Waals surface area contributed by atoms with E-state index in [4.69, 9.17) is 5.73 Å². The smallest absolute Gasteiger partial charge is 0.280 e. The summed E-state index contributed by atoms with van der Waals surface area (Å²) in [7, 11) is 0. The van der Waals surface area contributed by atoms with Crippen molar-refractivity contribution in [1.82, 2.24) is 15.0 Å². The SMILES string of the molecule is Cc1ccc(NC(=O)c2nnn(-c3ccc(F)cc3)c2N)cc1C. The largest absolute Gasteiger partial charge is 0.382 e. The molecule has 2 aromatic carbocycles. The molecule has 24 heavy (non-hydrogen) atoms. The Morgan fingerprint density at radius 3 is 2.50 bits per heavy atom. The molecule has 3 N–H and O–H groups in total. The van der Waals surface area contributed by atoms with E-state index in [1.54, 1.807) is 6.07 Å². The maximum Gasteiger partial charge on any atom is 0.280 e. The summed E-state index contributed by atoms with van der Waals surface area (Å²) in [6, 6.07) is 11.2. The van der Waals surface area contributed by atoms with Gasteiger partial charge in [-0.15, -0.1) is 5.10 Å². The summed E-state index contributed by atoms with van der Waals surface area (Å²) in [4.78, 5) is 12.4. The maximum absolute atomic E-state index is 13.0. The van der Waals surface area contributed by atoms with Crippen LogP contribution in [0.25, 0.3) is 5.69 Å². The van der Waals surface area contributed by atoms with Crippen LogP contribution in [0.3, 0.4) is 0 Å². The fourth-order valence-electron chi connectivity index (χ4n) is 2.23. The molecule has 1 aromatic heterocycles. The Bertz CT molecular complexity index is 902. The van der Waals surface area contributed by atoms with Crippen molar-refractivity contribution in [2.45, 2.75) is 13.8 Å². The second-order valence-corrected chi connectivity index (χ2v) is 5.46. The molecular formula is C17H16FN5O. The summed E-state index contributed by atoms with van der Waals surface area (Å²) in [6.45, 7) is 3.96. The number of carbonyl (C=O) groups is 1. The van der Waals surface area contributed by atoms with E-state index < -0.39 is 5.91 Å². The minimum absolute atomic E-state index is 0.0116. The first kappa shape index (κ1) is 15.7. The summed E-state index contributed by atoms with van der Waals surface area (Å²) in [5.41, 5.74) is 9.35. The van der Waals surface area contributed by atoms with E-state index in [2.05, 4.69) is 15.6 Å². The zero-order valence-corrected chi connectivity index (χ0v) is 13.2. The molecular weight excluding hydrogens is 309 g/mol. The Kier molecular flexibility index (Phi) is 3.99. The van der Waals surface area contributed by atoms with Gasteiger partial charge >= 0.3 is 0 Å². The van der Waals surface area contributed by atoms with Gasteiger partial charge < -0.3 is 11.1 Å². The normalized spacial score (nSPS) is 10.6. The lowest BCUT2D eigenvalue weighted by atomic mass is 10.1. The average Bonchev–Trinajstić information content (AvgIpc) is 2.93. The van der Waals surface area contributed by atoms with Crippen molar-refractivity contribution in [2.24, 2.45) is 0 Å². The zero-order valence-electron chi connectivity index (χ0n) is 13.2. The molecule has 1 heterocycles. The molecule has 0 aliphatic heterocycles. The number of rotatable bonds is 3. The molecule has 0 radical (unpaired) electrons. The average molecular weight is 325 g/mol. The van der Waals surface area contributed by atoms with Crippen molar-refractivity contribution in [3.05, 3.63) is 65.1 Å². The van der Waals surface area contributed by atoms with Gasteiger partial charge in [0.2, 0.25) is 0 Å². The van der Waals surface area contributed by atoms with E-state index in [0.29, 0.717) is 11.4 Å². The number of carbonyl (C=O) groups excluding carboxylic acids is 1. The number of amides is 1. The number of hydrogen-bond donors (Lipinski definition) is 2. The fourth-order valence-corrected chi connectivity index (χ4v) is 2.23. The zero-order chi connectivity index (χ0) is 17.3. The number of nitrogens with zero attached hydrogens (tertiary/aromatic N) is 3. The third-order valence-electron chi connectivity index (χ3n) is 3.76. The van der Waals surface area contributed by atoms with E-state index >= 15 is 0 Å². The molecule has 0 saturated heterocycles. The molecule has 3 aromatic rings. The molecule has 0 unspecified atom stereocenters. The number of halogens is 1. The number of benzene rings is 2. The van der Waals surface area contributed by atoms with Crippen LogP contribution >= 0.6 is 0 Å². The predicted octanol–water partition coefficient (Wildman–Crippen LogP) is 2.86. The van der Waals surface area contributed by atoms with Gasteiger partial charge in [0.1, 0.15) is 5.82 Å². The van der Waals surface area contributed by atoms with Crippen LogP contribution in [0.5, 0.6) is 0 Å². The van der Waals surface area contributed by atoms with Crippen LogP contribution in [0.2, 0.25) is 0 Å². The number of aryl methyl sites for hydroxylation is 2. The van der Waals surface area contributed by atoms with Crippen LogP contribution in [0, 0.1) is 19.7 Å². The minimum Gasteiger partial charge on any atom is -0.382 e. The van der Waals surface area contributed by atoms with E-state index in [1.807, 2.05) is 26.0 Å². The second-order valence-electron chi connectivity index (χ2n) is 5.46. The van der Waals surface area contributed by atoms with Crippen molar-refractivity contribution in [3.8, 4) is 5.69 Å². The number of nitrogens with two attached hydrogens (primary N) is 1. The van der Waals surface area contributed by atoms with E-state index in [9.17, 15) is 9.18 Å². The van der Waals surface area contributed by atoms with Crippen molar-refractivity contribution >= 4 is 17.4 Å². The van der Waals surface area contributed by atoms with Crippen molar-refractivity contribution in [1.29, 1.82) is 0 Å². The van der Waals surface area contributed by atoms with Crippen LogP contribution in [-0.2, 0) is 0 Å². The maximum atomic E-state index is 13.0. The topological polar surface area (TPSA) is 85.8 Å². The summed E-state index contributed by atoms with van der Waals surface area (Å²) >= 11 is 0. The van der Waals surface area contributed by atoms with Gasteiger partial charge in [0, 0.05) is 5.69 Å². The molecule has 0 spiro atoms. The number of nitrogens with one attached hydrogen (secondary N) is 1. The number of hydrogen-bond acceptors (Lipinski definition) is 4. The van der Waals surface area contributed by atoms with Crippen LogP contribution in [0.1, 0.15) is 21.6 Å². The van der Waals surface area contributed by atoms with Gasteiger partial charge in [0.05, 0.1) is 5.69 Å². The molecule has 3 rings (SSSR count). The van der Waals surface area contributed by atoms with Gasteiger partial charge in [-0.05, 0) is 61.4 Å². The highest BCUT2D eigenvalue weighted by molar-refractivity contribution is 6.05. The molecule has 0 aliphatic rings. The first-order valence-corrected chi connectivity index (χ1v) is 7.31. The number of anilines is 2. The predicted molar refractivity (Wildman–Crippen MR) is 89.6 cm³/mol. The van der Waals surface area contributed by atoms with Crippen molar-refractivity contribution in [3.63, 3.8) is 0 Å². The molecule has 0 aliphatic carbocycles. The van der Waals surface area contributed by atoms with Gasteiger partial charge in [0.15, 0.2) is 11.5 Å². The molecule has 1 amide bonds. The second kappa shape index (κ2) is 6.11.